The number of carbonyl (C=O) groups excluding carboxylic acids is 1. The molecule has 0 saturated carbocycles. The average molecular weight is 298 g/mol. The lowest BCUT2D eigenvalue weighted by molar-refractivity contribution is -0.141. The van der Waals surface area contributed by atoms with Gasteiger partial charge in [0.25, 0.3) is 5.56 Å². The molecule has 0 aromatic carbocycles. The number of hydrogen-bond donors (Lipinski definition) is 1. The van der Waals surface area contributed by atoms with E-state index in [0.717, 1.165) is 4.68 Å². The van der Waals surface area contributed by atoms with Crippen LogP contribution in [0.5, 0.6) is 0 Å². The molecule has 0 amide bonds. The number of ether oxygens (including phenoxy) is 1. The smallest absolute Gasteiger partial charge is 0.327 e. The number of methoxy groups -OCH3 is 1. The van der Waals surface area contributed by atoms with Crippen molar-refractivity contribution < 1.29 is 9.53 Å². The summed E-state index contributed by atoms with van der Waals surface area (Å²) in [7, 11) is 2.99. The van der Waals surface area contributed by atoms with Gasteiger partial charge in [0.2, 0.25) is 0 Å². The van der Waals surface area contributed by atoms with Gasteiger partial charge in [0.15, 0.2) is 5.82 Å². The van der Waals surface area contributed by atoms with Gasteiger partial charge in [-0.05, 0) is 0 Å². The van der Waals surface area contributed by atoms with E-state index in [0.29, 0.717) is 11.5 Å². The number of carbonyl (C=O) groups is 1. The first kappa shape index (κ1) is 14.1. The van der Waals surface area contributed by atoms with E-state index in [4.69, 9.17) is 11.6 Å². The number of aromatic nitrogens is 4. The van der Waals surface area contributed by atoms with Crippen LogP contribution in [0.15, 0.2) is 23.3 Å². The molecule has 9 heteroatoms. The first-order valence-corrected chi connectivity index (χ1v) is 5.98. The molecule has 8 nitrogen and oxygen atoms in total. The predicted octanol–water partition coefficient (Wildman–Crippen LogP) is 0.547. The first-order valence-electron chi connectivity index (χ1n) is 5.60. The Bertz CT molecular complexity index is 694. The zero-order valence-electron chi connectivity index (χ0n) is 10.8. The van der Waals surface area contributed by atoms with Gasteiger partial charge in [-0.1, -0.05) is 11.6 Å². The Labute approximate surface area is 118 Å². The highest BCUT2D eigenvalue weighted by Gasteiger charge is 2.12. The monoisotopic (exact) mass is 297 g/mol. The fraction of sp³-hybridized carbons (Fsp3) is 0.273. The quantitative estimate of drug-likeness (QED) is 0.829. The first-order chi connectivity index (χ1) is 9.51. The Kier molecular flexibility index (Phi) is 4.04. The zero-order valence-corrected chi connectivity index (χ0v) is 11.6. The summed E-state index contributed by atoms with van der Waals surface area (Å²) in [4.78, 5) is 23.1. The fourth-order valence-electron chi connectivity index (χ4n) is 1.47. The van der Waals surface area contributed by atoms with Gasteiger partial charge >= 0.3 is 5.97 Å². The lowest BCUT2D eigenvalue weighted by Gasteiger charge is -2.07. The van der Waals surface area contributed by atoms with Crippen molar-refractivity contribution in [2.24, 2.45) is 7.05 Å². The Morgan fingerprint density at radius 1 is 1.55 bits per heavy atom. The molecule has 0 bridgehead atoms. The van der Waals surface area contributed by atoms with Crippen molar-refractivity contribution in [2.45, 2.75) is 6.54 Å². The zero-order chi connectivity index (χ0) is 14.7. The molecule has 0 atom stereocenters. The van der Waals surface area contributed by atoms with Crippen molar-refractivity contribution in [3.63, 3.8) is 0 Å². The summed E-state index contributed by atoms with van der Waals surface area (Å²) < 4.78 is 7.00. The van der Waals surface area contributed by atoms with Gasteiger partial charge < -0.3 is 10.1 Å². The third-order valence-corrected chi connectivity index (χ3v) is 2.83. The maximum absolute atomic E-state index is 11.9. The molecule has 0 aliphatic carbocycles. The summed E-state index contributed by atoms with van der Waals surface area (Å²) in [6.45, 7) is -0.293. The van der Waals surface area contributed by atoms with Crippen LogP contribution < -0.4 is 10.9 Å². The van der Waals surface area contributed by atoms with E-state index in [1.165, 1.54) is 13.3 Å². The van der Waals surface area contributed by atoms with E-state index < -0.39 is 11.5 Å². The summed E-state index contributed by atoms with van der Waals surface area (Å²) in [6.07, 6.45) is 3.09. The van der Waals surface area contributed by atoms with E-state index in [1.54, 1.807) is 24.0 Å². The van der Waals surface area contributed by atoms with Crippen molar-refractivity contribution in [1.82, 2.24) is 19.6 Å². The molecule has 0 radical (unpaired) electrons. The number of aryl methyl sites for hydroxylation is 1. The molecule has 2 aromatic heterocycles. The maximum atomic E-state index is 11.9. The van der Waals surface area contributed by atoms with Crippen LogP contribution in [0.3, 0.4) is 0 Å². The molecule has 2 rings (SSSR count). The molecule has 0 spiro atoms. The van der Waals surface area contributed by atoms with Crippen molar-refractivity contribution in [2.75, 3.05) is 12.4 Å². The summed E-state index contributed by atoms with van der Waals surface area (Å²) in [5.74, 6) is -0.0533. The van der Waals surface area contributed by atoms with Crippen molar-refractivity contribution in [1.29, 1.82) is 0 Å². The van der Waals surface area contributed by atoms with Gasteiger partial charge in [0.1, 0.15) is 11.6 Å². The highest BCUT2D eigenvalue weighted by molar-refractivity contribution is 6.33. The molecule has 1 N–H and O–H groups in total. The van der Waals surface area contributed by atoms with Crippen LogP contribution in [-0.4, -0.2) is 32.6 Å². The van der Waals surface area contributed by atoms with Crippen LogP contribution in [0.4, 0.5) is 11.5 Å². The van der Waals surface area contributed by atoms with Gasteiger partial charge in [0, 0.05) is 19.3 Å². The van der Waals surface area contributed by atoms with E-state index >= 15 is 0 Å². The van der Waals surface area contributed by atoms with Crippen LogP contribution >= 0.6 is 11.6 Å². The number of hydrogen-bond acceptors (Lipinski definition) is 6. The number of nitrogens with one attached hydrogen (secondary N) is 1. The largest absolute Gasteiger partial charge is 0.468 e. The molecular weight excluding hydrogens is 286 g/mol. The minimum absolute atomic E-state index is 0.0745. The summed E-state index contributed by atoms with van der Waals surface area (Å²) in [5, 5.41) is 10.7. The predicted molar refractivity (Wildman–Crippen MR) is 72.0 cm³/mol. The van der Waals surface area contributed by atoms with Crippen LogP contribution in [-0.2, 0) is 23.1 Å². The highest BCUT2D eigenvalue weighted by Crippen LogP contribution is 2.19. The van der Waals surface area contributed by atoms with Crippen LogP contribution in [0, 0.1) is 0 Å². The summed E-state index contributed by atoms with van der Waals surface area (Å²) in [5.41, 5.74) is -0.269. The minimum atomic E-state index is -0.585. The summed E-state index contributed by atoms with van der Waals surface area (Å²) in [6, 6.07) is 1.72. The van der Waals surface area contributed by atoms with Gasteiger partial charge in [-0.3, -0.25) is 14.3 Å². The van der Waals surface area contributed by atoms with E-state index in [9.17, 15) is 9.59 Å². The van der Waals surface area contributed by atoms with E-state index in [1.807, 2.05) is 0 Å². The van der Waals surface area contributed by atoms with Crippen molar-refractivity contribution in [3.05, 3.63) is 33.8 Å². The van der Waals surface area contributed by atoms with Crippen LogP contribution in [0.25, 0.3) is 0 Å². The minimum Gasteiger partial charge on any atom is -0.468 e. The molecule has 0 aliphatic rings. The number of nitrogens with zero attached hydrogens (tertiary/aromatic N) is 4. The van der Waals surface area contributed by atoms with Gasteiger partial charge in [0.05, 0.1) is 19.0 Å². The second-order valence-electron chi connectivity index (χ2n) is 3.91. The van der Waals surface area contributed by atoms with Gasteiger partial charge in [-0.15, -0.1) is 0 Å². The Morgan fingerprint density at radius 2 is 2.30 bits per heavy atom. The Morgan fingerprint density at radius 3 is 2.90 bits per heavy atom. The fourth-order valence-corrected chi connectivity index (χ4v) is 1.66. The standard InChI is InChI=1S/C11H12ClN5O3/c1-16-4-3-8(15-16)14-7-5-13-17(6-9(18)20-2)11(19)10(7)12/h3-5H,6H2,1-2H3,(H,14,15). The number of anilines is 2. The van der Waals surface area contributed by atoms with E-state index in [-0.39, 0.29) is 11.6 Å². The molecule has 20 heavy (non-hydrogen) atoms. The maximum Gasteiger partial charge on any atom is 0.327 e. The number of halogens is 1. The van der Waals surface area contributed by atoms with Gasteiger partial charge in [-0.2, -0.15) is 10.2 Å². The SMILES string of the molecule is COC(=O)Cn1ncc(Nc2ccn(C)n2)c(Cl)c1=O. The van der Waals surface area contributed by atoms with Crippen molar-refractivity contribution >= 4 is 29.1 Å². The number of rotatable bonds is 4. The molecular formula is C11H12ClN5O3. The molecule has 0 saturated heterocycles. The average Bonchev–Trinajstić information content (AvgIpc) is 2.83. The van der Waals surface area contributed by atoms with Gasteiger partial charge in [-0.25, -0.2) is 4.68 Å². The molecule has 0 aliphatic heterocycles. The third-order valence-electron chi connectivity index (χ3n) is 2.47. The molecule has 2 heterocycles. The lowest BCUT2D eigenvalue weighted by Crippen LogP contribution is -2.28. The molecule has 0 unspecified atom stereocenters. The lowest BCUT2D eigenvalue weighted by atomic mass is 10.4. The van der Waals surface area contributed by atoms with Crippen molar-refractivity contribution in [3.8, 4) is 0 Å². The molecule has 106 valence electrons. The molecule has 2 aromatic rings. The normalized spacial score (nSPS) is 10.3. The summed E-state index contributed by atoms with van der Waals surface area (Å²) >= 11 is 5.96. The van der Waals surface area contributed by atoms with Crippen LogP contribution in [0.2, 0.25) is 5.02 Å². The number of esters is 1. The Hall–Kier alpha value is -2.35. The third kappa shape index (κ3) is 2.97. The molecule has 0 fully saturated rings. The van der Waals surface area contributed by atoms with E-state index in [2.05, 4.69) is 20.3 Å². The Balaban J connectivity index is 2.26. The topological polar surface area (TPSA) is 91.0 Å². The van der Waals surface area contributed by atoms with Crippen LogP contribution in [0.1, 0.15) is 0 Å². The second kappa shape index (κ2) is 5.74. The second-order valence-corrected chi connectivity index (χ2v) is 4.29. The highest BCUT2D eigenvalue weighted by atomic mass is 35.5.